The lowest BCUT2D eigenvalue weighted by molar-refractivity contribution is 0.630. The molecule has 0 fully saturated rings. The average Bonchev–Trinajstić information content (AvgIpc) is 2.68. The van der Waals surface area contributed by atoms with Gasteiger partial charge >= 0.3 is 0 Å². The molecule has 2 aromatic rings. The van der Waals surface area contributed by atoms with Crippen molar-refractivity contribution in [2.24, 2.45) is 7.05 Å². The Hall–Kier alpha value is -1.78. The number of aryl methyl sites for hydroxylation is 2. The molecule has 0 bridgehead atoms. The van der Waals surface area contributed by atoms with Crippen molar-refractivity contribution in [2.75, 3.05) is 5.73 Å². The van der Waals surface area contributed by atoms with Crippen LogP contribution in [0.3, 0.4) is 0 Å². The largest absolute Gasteiger partial charge is 0.396 e. The fourth-order valence-electron chi connectivity index (χ4n) is 1.57. The van der Waals surface area contributed by atoms with E-state index in [0.717, 1.165) is 22.8 Å². The molecule has 0 amide bonds. The number of nitrogens with two attached hydrogens (primary N) is 1. The molecule has 5 heteroatoms. The Morgan fingerprint density at radius 1 is 1.33 bits per heavy atom. The SMILES string of the molecule is Cc1nn(Cc2ccn(C)n2)c(C)c1N. The van der Waals surface area contributed by atoms with Crippen LogP contribution < -0.4 is 5.73 Å². The molecule has 5 nitrogen and oxygen atoms in total. The lowest BCUT2D eigenvalue weighted by atomic mass is 10.3. The van der Waals surface area contributed by atoms with Gasteiger partial charge in [-0.25, -0.2) is 0 Å². The summed E-state index contributed by atoms with van der Waals surface area (Å²) in [4.78, 5) is 0. The molecule has 2 aromatic heterocycles. The molecule has 0 unspecified atom stereocenters. The van der Waals surface area contributed by atoms with E-state index >= 15 is 0 Å². The molecule has 0 saturated carbocycles. The summed E-state index contributed by atoms with van der Waals surface area (Å²) in [7, 11) is 1.90. The van der Waals surface area contributed by atoms with Gasteiger partial charge in [0, 0.05) is 13.2 Å². The molecule has 15 heavy (non-hydrogen) atoms. The van der Waals surface area contributed by atoms with Crippen LogP contribution in [0.2, 0.25) is 0 Å². The smallest absolute Gasteiger partial charge is 0.0853 e. The number of nitrogen functional groups attached to an aromatic ring is 1. The number of nitrogens with zero attached hydrogens (tertiary/aromatic N) is 4. The molecule has 0 aromatic carbocycles. The maximum atomic E-state index is 5.85. The van der Waals surface area contributed by atoms with Gasteiger partial charge in [0.25, 0.3) is 0 Å². The van der Waals surface area contributed by atoms with Crippen molar-refractivity contribution in [2.45, 2.75) is 20.4 Å². The quantitative estimate of drug-likeness (QED) is 0.791. The summed E-state index contributed by atoms with van der Waals surface area (Å²) in [6.07, 6.45) is 1.92. The summed E-state index contributed by atoms with van der Waals surface area (Å²) in [5.74, 6) is 0. The van der Waals surface area contributed by atoms with Gasteiger partial charge in [-0.05, 0) is 19.9 Å². The van der Waals surface area contributed by atoms with Gasteiger partial charge in [-0.3, -0.25) is 9.36 Å². The average molecular weight is 205 g/mol. The first-order valence-electron chi connectivity index (χ1n) is 4.86. The molecule has 2 heterocycles. The van der Waals surface area contributed by atoms with Crippen molar-refractivity contribution in [3.63, 3.8) is 0 Å². The molecule has 80 valence electrons. The zero-order chi connectivity index (χ0) is 11.0. The minimum absolute atomic E-state index is 0.671. The van der Waals surface area contributed by atoms with Crippen LogP contribution in [0, 0.1) is 13.8 Å². The second kappa shape index (κ2) is 3.42. The molecule has 0 radical (unpaired) electrons. The van der Waals surface area contributed by atoms with Gasteiger partial charge in [0.05, 0.1) is 29.3 Å². The Labute approximate surface area is 88.5 Å². The zero-order valence-corrected chi connectivity index (χ0v) is 9.23. The van der Waals surface area contributed by atoms with E-state index in [0.29, 0.717) is 6.54 Å². The van der Waals surface area contributed by atoms with Crippen LogP contribution in [-0.2, 0) is 13.6 Å². The highest BCUT2D eigenvalue weighted by molar-refractivity contribution is 5.46. The van der Waals surface area contributed by atoms with Crippen LogP contribution in [0.15, 0.2) is 12.3 Å². The highest BCUT2D eigenvalue weighted by Crippen LogP contribution is 2.15. The van der Waals surface area contributed by atoms with Crippen molar-refractivity contribution in [1.82, 2.24) is 19.6 Å². The lowest BCUT2D eigenvalue weighted by Crippen LogP contribution is -2.05. The molecule has 2 N–H and O–H groups in total. The van der Waals surface area contributed by atoms with Crippen LogP contribution in [0.4, 0.5) is 5.69 Å². The Kier molecular flexibility index (Phi) is 2.22. The highest BCUT2D eigenvalue weighted by atomic mass is 15.3. The predicted molar refractivity (Wildman–Crippen MR) is 58.4 cm³/mol. The number of hydrogen-bond acceptors (Lipinski definition) is 3. The molecule has 0 aliphatic carbocycles. The maximum absolute atomic E-state index is 5.85. The number of rotatable bonds is 2. The molecule has 0 aliphatic rings. The second-order valence-corrected chi connectivity index (χ2v) is 3.72. The van der Waals surface area contributed by atoms with Gasteiger partial charge in [0.1, 0.15) is 0 Å². The fraction of sp³-hybridized carbons (Fsp3) is 0.400. The third-order valence-electron chi connectivity index (χ3n) is 2.52. The third-order valence-corrected chi connectivity index (χ3v) is 2.52. The summed E-state index contributed by atoms with van der Waals surface area (Å²) >= 11 is 0. The van der Waals surface area contributed by atoms with Crippen molar-refractivity contribution >= 4 is 5.69 Å². The van der Waals surface area contributed by atoms with Gasteiger partial charge in [-0.2, -0.15) is 10.2 Å². The zero-order valence-electron chi connectivity index (χ0n) is 9.23. The number of aromatic nitrogens is 4. The number of anilines is 1. The van der Waals surface area contributed by atoms with Crippen LogP contribution in [0.25, 0.3) is 0 Å². The molecule has 0 saturated heterocycles. The van der Waals surface area contributed by atoms with Crippen molar-refractivity contribution < 1.29 is 0 Å². The van der Waals surface area contributed by atoms with Crippen LogP contribution in [0.1, 0.15) is 17.1 Å². The molecule has 0 aliphatic heterocycles. The Morgan fingerprint density at radius 2 is 2.07 bits per heavy atom. The minimum atomic E-state index is 0.671. The Balaban J connectivity index is 2.28. The lowest BCUT2D eigenvalue weighted by Gasteiger charge is -2.01. The van der Waals surface area contributed by atoms with Gasteiger partial charge in [-0.15, -0.1) is 0 Å². The monoisotopic (exact) mass is 205 g/mol. The Bertz CT molecular complexity index is 480. The molecule has 0 spiro atoms. The highest BCUT2D eigenvalue weighted by Gasteiger charge is 2.09. The van der Waals surface area contributed by atoms with Gasteiger partial charge in [-0.1, -0.05) is 0 Å². The second-order valence-electron chi connectivity index (χ2n) is 3.72. The van der Waals surface area contributed by atoms with Gasteiger partial charge < -0.3 is 5.73 Å². The van der Waals surface area contributed by atoms with E-state index in [1.807, 2.05) is 37.8 Å². The standard InChI is InChI=1S/C10H15N5/c1-7-10(11)8(2)15(12-7)6-9-4-5-14(3)13-9/h4-5H,6,11H2,1-3H3. The summed E-state index contributed by atoms with van der Waals surface area (Å²) in [5, 5.41) is 8.66. The normalized spacial score (nSPS) is 10.9. The van der Waals surface area contributed by atoms with E-state index < -0.39 is 0 Å². The van der Waals surface area contributed by atoms with E-state index in [9.17, 15) is 0 Å². The predicted octanol–water partition coefficient (Wildman–Crippen LogP) is 0.864. The summed E-state index contributed by atoms with van der Waals surface area (Å²) in [6, 6.07) is 1.98. The van der Waals surface area contributed by atoms with E-state index in [2.05, 4.69) is 10.2 Å². The van der Waals surface area contributed by atoms with Crippen molar-refractivity contribution in [3.05, 3.63) is 29.3 Å². The summed E-state index contributed by atoms with van der Waals surface area (Å²) < 4.78 is 3.66. The van der Waals surface area contributed by atoms with Gasteiger partial charge in [0.15, 0.2) is 0 Å². The fourth-order valence-corrected chi connectivity index (χ4v) is 1.57. The third kappa shape index (κ3) is 1.72. The van der Waals surface area contributed by atoms with E-state index in [4.69, 9.17) is 5.73 Å². The molecular formula is C10H15N5. The number of hydrogen-bond donors (Lipinski definition) is 1. The molecular weight excluding hydrogens is 190 g/mol. The summed E-state index contributed by atoms with van der Waals surface area (Å²) in [5.41, 5.74) is 9.49. The first-order chi connectivity index (χ1) is 7.08. The molecule has 2 rings (SSSR count). The first-order valence-corrected chi connectivity index (χ1v) is 4.86. The van der Waals surface area contributed by atoms with Crippen LogP contribution in [0.5, 0.6) is 0 Å². The van der Waals surface area contributed by atoms with E-state index in [-0.39, 0.29) is 0 Å². The molecule has 0 atom stereocenters. The Morgan fingerprint density at radius 3 is 2.53 bits per heavy atom. The summed E-state index contributed by atoms with van der Waals surface area (Å²) in [6.45, 7) is 4.56. The van der Waals surface area contributed by atoms with Crippen molar-refractivity contribution in [3.8, 4) is 0 Å². The minimum Gasteiger partial charge on any atom is -0.396 e. The van der Waals surface area contributed by atoms with E-state index in [1.165, 1.54) is 0 Å². The van der Waals surface area contributed by atoms with E-state index in [1.54, 1.807) is 4.68 Å². The van der Waals surface area contributed by atoms with Crippen LogP contribution >= 0.6 is 0 Å². The van der Waals surface area contributed by atoms with Crippen molar-refractivity contribution in [1.29, 1.82) is 0 Å². The maximum Gasteiger partial charge on any atom is 0.0853 e. The first kappa shape index (κ1) is 9.76. The van der Waals surface area contributed by atoms with Crippen LogP contribution in [-0.4, -0.2) is 19.6 Å². The van der Waals surface area contributed by atoms with Gasteiger partial charge in [0.2, 0.25) is 0 Å². The topological polar surface area (TPSA) is 61.7 Å².